The Bertz CT molecular complexity index is 525. The average Bonchev–Trinajstić information content (AvgIpc) is 2.50. The number of hydrogen-bond donors (Lipinski definition) is 2. The molecular formula is C17H23NO3. The van der Waals surface area contributed by atoms with Crippen LogP contribution in [0.4, 0.5) is 0 Å². The molecule has 0 bridgehead atoms. The highest BCUT2D eigenvalue weighted by Gasteiger charge is 2.15. The number of aryl methyl sites for hydroxylation is 2. The van der Waals surface area contributed by atoms with E-state index >= 15 is 0 Å². The van der Waals surface area contributed by atoms with E-state index in [1.807, 2.05) is 19.1 Å². The zero-order chi connectivity index (χ0) is 15.2. The molecule has 0 saturated heterocycles. The fourth-order valence-electron chi connectivity index (χ4n) is 2.82. The van der Waals surface area contributed by atoms with Gasteiger partial charge < -0.3 is 10.4 Å². The van der Waals surface area contributed by atoms with Crippen LogP contribution in [0.1, 0.15) is 54.1 Å². The van der Waals surface area contributed by atoms with Gasteiger partial charge in [0.1, 0.15) is 0 Å². The summed E-state index contributed by atoms with van der Waals surface area (Å²) in [6.45, 7) is 2.36. The Kier molecular flexibility index (Phi) is 5.37. The molecule has 0 radical (unpaired) electrons. The third kappa shape index (κ3) is 4.31. The Labute approximate surface area is 125 Å². The lowest BCUT2D eigenvalue weighted by Gasteiger charge is -2.17. The Hall–Kier alpha value is -1.84. The maximum absolute atomic E-state index is 12.2. The minimum atomic E-state index is -0.815. The molecule has 1 aliphatic rings. The molecule has 4 nitrogen and oxygen atoms in total. The van der Waals surface area contributed by atoms with Crippen LogP contribution in [0.5, 0.6) is 0 Å². The van der Waals surface area contributed by atoms with E-state index in [2.05, 4.69) is 11.4 Å². The summed E-state index contributed by atoms with van der Waals surface area (Å²) in [4.78, 5) is 22.9. The van der Waals surface area contributed by atoms with Gasteiger partial charge in [-0.25, -0.2) is 0 Å². The van der Waals surface area contributed by atoms with Gasteiger partial charge in [0, 0.05) is 18.5 Å². The van der Waals surface area contributed by atoms with Gasteiger partial charge in [-0.2, -0.15) is 0 Å². The second kappa shape index (κ2) is 7.25. The van der Waals surface area contributed by atoms with Crippen LogP contribution in [0.3, 0.4) is 0 Å². The molecule has 2 N–H and O–H groups in total. The number of carbonyl (C=O) groups is 2. The van der Waals surface area contributed by atoms with Crippen molar-refractivity contribution in [1.29, 1.82) is 0 Å². The topological polar surface area (TPSA) is 66.4 Å². The Morgan fingerprint density at radius 3 is 2.62 bits per heavy atom. The fourth-order valence-corrected chi connectivity index (χ4v) is 2.82. The highest BCUT2D eigenvalue weighted by molar-refractivity contribution is 5.94. The van der Waals surface area contributed by atoms with Crippen LogP contribution >= 0.6 is 0 Å². The number of hydrogen-bond acceptors (Lipinski definition) is 2. The molecule has 1 unspecified atom stereocenters. The Morgan fingerprint density at radius 2 is 1.95 bits per heavy atom. The van der Waals surface area contributed by atoms with E-state index in [0.29, 0.717) is 12.1 Å². The van der Waals surface area contributed by atoms with Crippen LogP contribution < -0.4 is 5.32 Å². The minimum Gasteiger partial charge on any atom is -0.481 e. The van der Waals surface area contributed by atoms with E-state index in [0.717, 1.165) is 19.3 Å². The SMILES string of the molecule is CCC(CNC(=O)c1ccc2c(c1)CCCC2)CC(=O)O. The fraction of sp³-hybridized carbons (Fsp3) is 0.529. The first-order chi connectivity index (χ1) is 10.1. The van der Waals surface area contributed by atoms with Crippen molar-refractivity contribution in [2.45, 2.75) is 45.4 Å². The van der Waals surface area contributed by atoms with Crippen molar-refractivity contribution in [3.05, 3.63) is 34.9 Å². The molecule has 0 heterocycles. The Balaban J connectivity index is 1.95. The van der Waals surface area contributed by atoms with Gasteiger partial charge >= 0.3 is 5.97 Å². The molecule has 1 aromatic rings. The molecule has 0 saturated carbocycles. The number of carboxylic acids is 1. The third-order valence-electron chi connectivity index (χ3n) is 4.20. The molecule has 1 aliphatic carbocycles. The van der Waals surface area contributed by atoms with Crippen LogP contribution in [-0.4, -0.2) is 23.5 Å². The summed E-state index contributed by atoms with van der Waals surface area (Å²) in [6, 6.07) is 5.91. The molecule has 21 heavy (non-hydrogen) atoms. The van der Waals surface area contributed by atoms with Crippen molar-refractivity contribution in [2.24, 2.45) is 5.92 Å². The molecule has 2 rings (SSSR count). The third-order valence-corrected chi connectivity index (χ3v) is 4.20. The quantitative estimate of drug-likeness (QED) is 0.846. The molecule has 0 fully saturated rings. The van der Waals surface area contributed by atoms with Crippen molar-refractivity contribution in [3.63, 3.8) is 0 Å². The number of nitrogens with one attached hydrogen (secondary N) is 1. The molecule has 1 amide bonds. The predicted molar refractivity (Wildman–Crippen MR) is 81.5 cm³/mol. The first-order valence-electron chi connectivity index (χ1n) is 7.72. The van der Waals surface area contributed by atoms with E-state index in [9.17, 15) is 9.59 Å². The lowest BCUT2D eigenvalue weighted by Crippen LogP contribution is -2.30. The Morgan fingerprint density at radius 1 is 1.24 bits per heavy atom. The molecule has 0 spiro atoms. The maximum Gasteiger partial charge on any atom is 0.303 e. The first-order valence-corrected chi connectivity index (χ1v) is 7.72. The molecule has 0 aliphatic heterocycles. The van der Waals surface area contributed by atoms with Gasteiger partial charge in [0.05, 0.1) is 0 Å². The lowest BCUT2D eigenvalue weighted by molar-refractivity contribution is -0.138. The van der Waals surface area contributed by atoms with Crippen LogP contribution in [0.25, 0.3) is 0 Å². The normalized spacial score (nSPS) is 15.1. The molecule has 1 aromatic carbocycles. The van der Waals surface area contributed by atoms with Gasteiger partial charge in [-0.05, 0) is 54.9 Å². The largest absolute Gasteiger partial charge is 0.481 e. The number of carboxylic acid groups (broad SMARTS) is 1. The van der Waals surface area contributed by atoms with E-state index in [1.165, 1.54) is 24.0 Å². The molecule has 4 heteroatoms. The predicted octanol–water partition coefficient (Wildman–Crippen LogP) is 2.80. The lowest BCUT2D eigenvalue weighted by atomic mass is 9.90. The maximum atomic E-state index is 12.2. The summed E-state index contributed by atoms with van der Waals surface area (Å²) in [7, 11) is 0. The highest BCUT2D eigenvalue weighted by atomic mass is 16.4. The van der Waals surface area contributed by atoms with Crippen molar-refractivity contribution in [3.8, 4) is 0 Å². The number of carbonyl (C=O) groups excluding carboxylic acids is 1. The minimum absolute atomic E-state index is 0.0101. The number of benzene rings is 1. The van der Waals surface area contributed by atoms with E-state index < -0.39 is 5.97 Å². The summed E-state index contributed by atoms with van der Waals surface area (Å²) in [5, 5.41) is 11.7. The van der Waals surface area contributed by atoms with Gasteiger partial charge in [0.15, 0.2) is 0 Å². The second-order valence-electron chi connectivity index (χ2n) is 5.77. The standard InChI is InChI=1S/C17H23NO3/c1-2-12(9-16(19)20)11-18-17(21)15-8-7-13-5-3-4-6-14(13)10-15/h7-8,10,12H,2-6,9,11H2,1H3,(H,18,21)(H,19,20). The van der Waals surface area contributed by atoms with Crippen LogP contribution in [0.15, 0.2) is 18.2 Å². The molecule has 114 valence electrons. The number of fused-ring (bicyclic) bond motifs is 1. The van der Waals surface area contributed by atoms with E-state index in [-0.39, 0.29) is 18.2 Å². The van der Waals surface area contributed by atoms with Gasteiger partial charge in [-0.1, -0.05) is 19.4 Å². The van der Waals surface area contributed by atoms with Gasteiger partial charge in [0.2, 0.25) is 0 Å². The van der Waals surface area contributed by atoms with Crippen molar-refractivity contribution in [2.75, 3.05) is 6.54 Å². The summed E-state index contributed by atoms with van der Waals surface area (Å²) < 4.78 is 0. The average molecular weight is 289 g/mol. The smallest absolute Gasteiger partial charge is 0.303 e. The van der Waals surface area contributed by atoms with Crippen LogP contribution in [-0.2, 0) is 17.6 Å². The number of amides is 1. The summed E-state index contributed by atoms with van der Waals surface area (Å²) in [5.41, 5.74) is 3.32. The van der Waals surface area contributed by atoms with Gasteiger partial charge in [0.25, 0.3) is 5.91 Å². The highest BCUT2D eigenvalue weighted by Crippen LogP contribution is 2.22. The zero-order valence-corrected chi connectivity index (χ0v) is 12.5. The van der Waals surface area contributed by atoms with Crippen LogP contribution in [0.2, 0.25) is 0 Å². The van der Waals surface area contributed by atoms with E-state index in [4.69, 9.17) is 5.11 Å². The van der Waals surface area contributed by atoms with Gasteiger partial charge in [-0.15, -0.1) is 0 Å². The summed E-state index contributed by atoms with van der Waals surface area (Å²) in [6.07, 6.45) is 5.42. The van der Waals surface area contributed by atoms with Crippen molar-refractivity contribution < 1.29 is 14.7 Å². The second-order valence-corrected chi connectivity index (χ2v) is 5.77. The molecule has 0 aromatic heterocycles. The monoisotopic (exact) mass is 289 g/mol. The molecular weight excluding hydrogens is 266 g/mol. The first kappa shape index (κ1) is 15.5. The summed E-state index contributed by atoms with van der Waals surface area (Å²) in [5.74, 6) is -0.929. The van der Waals surface area contributed by atoms with Crippen LogP contribution in [0, 0.1) is 5.92 Å². The van der Waals surface area contributed by atoms with E-state index in [1.54, 1.807) is 0 Å². The summed E-state index contributed by atoms with van der Waals surface area (Å²) >= 11 is 0. The zero-order valence-electron chi connectivity index (χ0n) is 12.5. The molecule has 1 atom stereocenters. The number of aliphatic carboxylic acids is 1. The van der Waals surface area contributed by atoms with Gasteiger partial charge in [-0.3, -0.25) is 9.59 Å². The number of rotatable bonds is 6. The van der Waals surface area contributed by atoms with Crippen molar-refractivity contribution >= 4 is 11.9 Å². The van der Waals surface area contributed by atoms with Crippen molar-refractivity contribution in [1.82, 2.24) is 5.32 Å².